The van der Waals surface area contributed by atoms with Crippen LogP contribution in [-0.2, 0) is 9.53 Å². The van der Waals surface area contributed by atoms with Crippen molar-refractivity contribution in [1.29, 1.82) is 0 Å². The predicted molar refractivity (Wildman–Crippen MR) is 107 cm³/mol. The maximum atomic E-state index is 12.5. The van der Waals surface area contributed by atoms with Crippen molar-refractivity contribution >= 4 is 29.2 Å². The minimum atomic E-state index is -0.983. The number of carbonyl (C=O) groups is 1. The van der Waals surface area contributed by atoms with E-state index in [1.807, 2.05) is 20.8 Å². The number of carbonyl (C=O) groups excluding carboxylic acids is 1. The van der Waals surface area contributed by atoms with E-state index in [1.165, 1.54) is 0 Å². The molecular formula is C21H26Cl2O4. The molecule has 1 N–H and O–H groups in total. The molecular weight excluding hydrogens is 387 g/mol. The van der Waals surface area contributed by atoms with E-state index in [1.54, 1.807) is 25.1 Å². The third kappa shape index (κ3) is 4.71. The Morgan fingerprint density at radius 2 is 2.11 bits per heavy atom. The number of hydrogen-bond acceptors (Lipinski definition) is 4. The van der Waals surface area contributed by atoms with E-state index < -0.39 is 23.1 Å². The summed E-state index contributed by atoms with van der Waals surface area (Å²) in [6.45, 7) is 7.45. The van der Waals surface area contributed by atoms with E-state index in [0.29, 0.717) is 28.6 Å². The molecule has 1 aliphatic carbocycles. The zero-order valence-corrected chi connectivity index (χ0v) is 17.6. The number of terminal acetylenes is 1. The van der Waals surface area contributed by atoms with Gasteiger partial charge in [-0.05, 0) is 49.3 Å². The Morgan fingerprint density at radius 1 is 1.44 bits per heavy atom. The summed E-state index contributed by atoms with van der Waals surface area (Å²) in [5.74, 6) is 2.37. The summed E-state index contributed by atoms with van der Waals surface area (Å²) in [5.41, 5.74) is -1.46. The van der Waals surface area contributed by atoms with Gasteiger partial charge in [-0.15, -0.1) is 12.3 Å². The second-order valence-corrected chi connectivity index (χ2v) is 8.77. The lowest BCUT2D eigenvalue weighted by atomic mass is 9.59. The first-order chi connectivity index (χ1) is 12.5. The average Bonchev–Trinajstić information content (AvgIpc) is 2.55. The van der Waals surface area contributed by atoms with Crippen LogP contribution in [0.2, 0.25) is 10.0 Å². The molecule has 6 heteroatoms. The molecule has 0 heterocycles. The second-order valence-electron chi connectivity index (χ2n) is 7.92. The molecule has 0 aromatic heterocycles. The molecule has 1 fully saturated rings. The number of halogens is 2. The molecule has 2 rings (SSSR count). The Labute approximate surface area is 171 Å². The van der Waals surface area contributed by atoms with Gasteiger partial charge in [-0.1, -0.05) is 44.0 Å². The quantitative estimate of drug-likeness (QED) is 0.552. The van der Waals surface area contributed by atoms with Gasteiger partial charge in [0.15, 0.2) is 6.10 Å². The van der Waals surface area contributed by atoms with Gasteiger partial charge in [0.2, 0.25) is 0 Å². The maximum Gasteiger partial charge on any atom is 0.347 e. The molecule has 148 valence electrons. The van der Waals surface area contributed by atoms with Crippen LogP contribution >= 0.6 is 23.2 Å². The number of ether oxygens (including phenoxy) is 2. The Hall–Kier alpha value is -1.41. The van der Waals surface area contributed by atoms with Gasteiger partial charge < -0.3 is 14.6 Å². The third-order valence-electron chi connectivity index (χ3n) is 5.53. The minimum Gasteiger partial charge on any atom is -0.477 e. The topological polar surface area (TPSA) is 55.8 Å². The first-order valence-corrected chi connectivity index (χ1v) is 9.74. The first kappa shape index (κ1) is 21.9. The summed E-state index contributed by atoms with van der Waals surface area (Å²) < 4.78 is 11.3. The summed E-state index contributed by atoms with van der Waals surface area (Å²) in [5, 5.41) is 11.9. The van der Waals surface area contributed by atoms with E-state index in [-0.39, 0.29) is 18.4 Å². The minimum absolute atomic E-state index is 0.1000. The molecule has 0 bridgehead atoms. The molecule has 1 saturated carbocycles. The summed E-state index contributed by atoms with van der Waals surface area (Å²) >= 11 is 11.9. The van der Waals surface area contributed by atoms with Crippen LogP contribution < -0.4 is 4.74 Å². The van der Waals surface area contributed by atoms with Crippen molar-refractivity contribution in [3.63, 3.8) is 0 Å². The lowest BCUT2D eigenvalue weighted by molar-refractivity contribution is -0.183. The Bertz CT molecular complexity index is 740. The van der Waals surface area contributed by atoms with Gasteiger partial charge in [0.05, 0.1) is 10.6 Å². The predicted octanol–water partition coefficient (Wildman–Crippen LogP) is 4.88. The summed E-state index contributed by atoms with van der Waals surface area (Å²) in [6, 6.07) is 4.80. The smallest absolute Gasteiger partial charge is 0.347 e. The molecule has 1 aromatic carbocycles. The van der Waals surface area contributed by atoms with Crippen molar-refractivity contribution in [3.05, 3.63) is 28.2 Å². The Kier molecular flexibility index (Phi) is 6.73. The largest absolute Gasteiger partial charge is 0.477 e. The first-order valence-electron chi connectivity index (χ1n) is 8.98. The standard InChI is InChI=1S/C21H26Cl2O4/c1-6-9-21(25)13(2)10-16(12-20(21,4)5)27-19(24)14(3)26-18-8-7-15(22)11-17(18)23/h1,7-8,11,13-14,16,25H,9-10,12H2,2-5H3/t13-,14-,16-,21+/m1/s1. The van der Waals surface area contributed by atoms with E-state index in [4.69, 9.17) is 39.1 Å². The van der Waals surface area contributed by atoms with Crippen molar-refractivity contribution in [1.82, 2.24) is 0 Å². The van der Waals surface area contributed by atoms with E-state index in [2.05, 4.69) is 5.92 Å². The van der Waals surface area contributed by atoms with Gasteiger partial charge >= 0.3 is 5.97 Å². The average molecular weight is 413 g/mol. The molecule has 1 aromatic rings. The van der Waals surface area contributed by atoms with Crippen LogP contribution in [0.3, 0.4) is 0 Å². The highest BCUT2D eigenvalue weighted by Crippen LogP contribution is 2.49. The molecule has 0 aliphatic heterocycles. The number of benzene rings is 1. The van der Waals surface area contributed by atoms with Crippen LogP contribution in [0, 0.1) is 23.7 Å². The molecule has 0 spiro atoms. The van der Waals surface area contributed by atoms with Crippen molar-refractivity contribution in [2.75, 3.05) is 0 Å². The van der Waals surface area contributed by atoms with Gasteiger partial charge in [0.1, 0.15) is 11.9 Å². The Morgan fingerprint density at radius 3 is 2.67 bits per heavy atom. The number of aliphatic hydroxyl groups is 1. The molecule has 4 nitrogen and oxygen atoms in total. The lowest BCUT2D eigenvalue weighted by Gasteiger charge is -2.52. The van der Waals surface area contributed by atoms with Gasteiger partial charge in [-0.2, -0.15) is 0 Å². The highest BCUT2D eigenvalue weighted by Gasteiger charge is 2.52. The monoisotopic (exact) mass is 412 g/mol. The third-order valence-corrected chi connectivity index (χ3v) is 6.06. The van der Waals surface area contributed by atoms with Crippen LogP contribution in [0.1, 0.15) is 47.0 Å². The normalized spacial score (nSPS) is 28.1. The van der Waals surface area contributed by atoms with Crippen molar-refractivity contribution in [2.24, 2.45) is 11.3 Å². The fourth-order valence-corrected chi connectivity index (χ4v) is 4.27. The van der Waals surface area contributed by atoms with Crippen molar-refractivity contribution in [2.45, 2.75) is 64.8 Å². The highest BCUT2D eigenvalue weighted by molar-refractivity contribution is 6.35. The SMILES string of the molecule is C#CC[C@]1(O)[C@H](C)C[C@@H](OC(=O)[C@@H](C)Oc2ccc(Cl)cc2Cl)CC1(C)C. The molecule has 27 heavy (non-hydrogen) atoms. The Balaban J connectivity index is 2.02. The summed E-state index contributed by atoms with van der Waals surface area (Å²) in [6.07, 6.45) is 5.65. The maximum absolute atomic E-state index is 12.5. The number of hydrogen-bond donors (Lipinski definition) is 1. The van der Waals surface area contributed by atoms with E-state index in [9.17, 15) is 9.90 Å². The molecule has 0 saturated heterocycles. The van der Waals surface area contributed by atoms with E-state index in [0.717, 1.165) is 0 Å². The number of esters is 1. The van der Waals surface area contributed by atoms with Crippen LogP contribution in [0.5, 0.6) is 5.75 Å². The van der Waals surface area contributed by atoms with Crippen LogP contribution in [0.25, 0.3) is 0 Å². The van der Waals surface area contributed by atoms with Gasteiger partial charge in [-0.3, -0.25) is 0 Å². The molecule has 0 radical (unpaired) electrons. The van der Waals surface area contributed by atoms with Gasteiger partial charge in [0, 0.05) is 11.4 Å². The zero-order valence-electron chi connectivity index (χ0n) is 16.1. The fourth-order valence-electron chi connectivity index (χ4n) is 3.81. The van der Waals surface area contributed by atoms with Crippen molar-refractivity contribution < 1.29 is 19.4 Å². The summed E-state index contributed by atoms with van der Waals surface area (Å²) in [7, 11) is 0. The lowest BCUT2D eigenvalue weighted by Crippen LogP contribution is -2.56. The van der Waals surface area contributed by atoms with Crippen LogP contribution in [0.15, 0.2) is 18.2 Å². The van der Waals surface area contributed by atoms with Gasteiger partial charge in [0.25, 0.3) is 0 Å². The second kappa shape index (κ2) is 8.31. The van der Waals surface area contributed by atoms with Crippen LogP contribution in [-0.4, -0.2) is 28.9 Å². The van der Waals surface area contributed by atoms with Crippen molar-refractivity contribution in [3.8, 4) is 18.1 Å². The van der Waals surface area contributed by atoms with E-state index >= 15 is 0 Å². The summed E-state index contributed by atoms with van der Waals surface area (Å²) in [4.78, 5) is 12.5. The highest BCUT2D eigenvalue weighted by atomic mass is 35.5. The molecule has 0 amide bonds. The van der Waals surface area contributed by atoms with Gasteiger partial charge in [-0.25, -0.2) is 4.79 Å². The number of rotatable bonds is 5. The van der Waals surface area contributed by atoms with Crippen LogP contribution in [0.4, 0.5) is 0 Å². The molecule has 4 atom stereocenters. The molecule has 1 aliphatic rings. The zero-order chi connectivity index (χ0) is 20.4. The molecule has 0 unspecified atom stereocenters. The fraction of sp³-hybridized carbons (Fsp3) is 0.571.